The molecular formula is C14H19N2P. The molecule has 0 bridgehead atoms. The van der Waals surface area contributed by atoms with Crippen LogP contribution in [0.4, 0.5) is 0 Å². The number of hydrogen-bond acceptors (Lipinski definition) is 1. The van der Waals surface area contributed by atoms with Crippen LogP contribution in [0.15, 0.2) is 18.3 Å². The molecule has 2 aromatic rings. The van der Waals surface area contributed by atoms with Crippen molar-refractivity contribution in [3.05, 3.63) is 40.6 Å². The number of nitrogens with zero attached hydrogens (tertiary/aromatic N) is 2. The molecule has 1 aromatic heterocycles. The summed E-state index contributed by atoms with van der Waals surface area (Å²) in [6, 6.07) is 4.46. The maximum Gasteiger partial charge on any atom is 0.0958 e. The summed E-state index contributed by atoms with van der Waals surface area (Å²) in [5.41, 5.74) is 7.66. The molecule has 0 aliphatic carbocycles. The van der Waals surface area contributed by atoms with Gasteiger partial charge in [0.2, 0.25) is 0 Å². The quantitative estimate of drug-likeness (QED) is 0.739. The van der Waals surface area contributed by atoms with Crippen molar-refractivity contribution in [3.63, 3.8) is 0 Å². The Morgan fingerprint density at radius 3 is 2.29 bits per heavy atom. The van der Waals surface area contributed by atoms with Crippen molar-refractivity contribution in [1.29, 1.82) is 0 Å². The molecule has 0 aliphatic heterocycles. The summed E-state index contributed by atoms with van der Waals surface area (Å²) in [7, 11) is 2.60. The normalized spacial score (nSPS) is 10.9. The topological polar surface area (TPSA) is 17.8 Å². The van der Waals surface area contributed by atoms with Crippen LogP contribution in [0.5, 0.6) is 0 Å². The van der Waals surface area contributed by atoms with Crippen molar-refractivity contribution in [3.8, 4) is 11.3 Å². The molecule has 0 radical (unpaired) electrons. The van der Waals surface area contributed by atoms with Gasteiger partial charge in [-0.1, -0.05) is 6.92 Å². The van der Waals surface area contributed by atoms with Gasteiger partial charge in [0, 0.05) is 11.8 Å². The highest BCUT2D eigenvalue weighted by molar-refractivity contribution is 7.14. The van der Waals surface area contributed by atoms with Gasteiger partial charge < -0.3 is 0 Å². The number of aromatic nitrogens is 2. The second kappa shape index (κ2) is 4.62. The van der Waals surface area contributed by atoms with Crippen molar-refractivity contribution >= 4 is 9.39 Å². The van der Waals surface area contributed by atoms with Crippen molar-refractivity contribution in [2.75, 3.05) is 0 Å². The van der Waals surface area contributed by atoms with Crippen LogP contribution in [0.2, 0.25) is 0 Å². The summed E-state index contributed by atoms with van der Waals surface area (Å²) in [5.74, 6) is 0. The summed E-state index contributed by atoms with van der Waals surface area (Å²) >= 11 is 0. The highest BCUT2D eigenvalue weighted by Crippen LogP contribution is 2.27. The fourth-order valence-corrected chi connectivity index (χ4v) is 2.40. The summed E-state index contributed by atoms with van der Waals surface area (Å²) in [4.78, 5) is 0. The molecular weight excluding hydrogens is 227 g/mol. The molecule has 17 heavy (non-hydrogen) atoms. The van der Waals surface area contributed by atoms with E-state index in [0.717, 1.165) is 12.1 Å². The van der Waals surface area contributed by atoms with Gasteiger partial charge in [0.05, 0.1) is 5.69 Å². The Kier molecular flexibility index (Phi) is 3.35. The summed E-state index contributed by atoms with van der Waals surface area (Å²) < 4.78 is 1.82. The lowest BCUT2D eigenvalue weighted by molar-refractivity contribution is 1.01. The lowest BCUT2D eigenvalue weighted by Crippen LogP contribution is -1.91. The van der Waals surface area contributed by atoms with Gasteiger partial charge in [0.25, 0.3) is 0 Å². The molecule has 0 aliphatic rings. The average Bonchev–Trinajstić information content (AvgIpc) is 2.66. The maximum absolute atomic E-state index is 4.54. The first-order chi connectivity index (χ1) is 8.02. The second-order valence-electron chi connectivity index (χ2n) is 4.57. The van der Waals surface area contributed by atoms with Crippen LogP contribution in [0.3, 0.4) is 0 Å². The number of rotatable bonds is 2. The molecule has 0 amide bonds. The molecule has 1 atom stereocenters. The zero-order valence-corrected chi connectivity index (χ0v) is 12.1. The first-order valence-electron chi connectivity index (χ1n) is 5.94. The Bertz CT molecular complexity index is 532. The predicted octanol–water partition coefficient (Wildman–Crippen LogP) is 3.68. The van der Waals surface area contributed by atoms with Gasteiger partial charge >= 0.3 is 0 Å². The van der Waals surface area contributed by atoms with Gasteiger partial charge in [-0.3, -0.25) is 4.45 Å². The second-order valence-corrected chi connectivity index (χ2v) is 5.10. The minimum Gasteiger partial charge on any atom is -0.258 e. The smallest absolute Gasteiger partial charge is 0.0958 e. The van der Waals surface area contributed by atoms with Crippen LogP contribution in [-0.2, 0) is 6.42 Å². The first-order valence-corrected chi connectivity index (χ1v) is 6.46. The van der Waals surface area contributed by atoms with Crippen molar-refractivity contribution in [2.24, 2.45) is 0 Å². The molecule has 0 saturated carbocycles. The highest BCUT2D eigenvalue weighted by atomic mass is 31.0. The van der Waals surface area contributed by atoms with E-state index < -0.39 is 0 Å². The molecule has 0 N–H and O–H groups in total. The van der Waals surface area contributed by atoms with Crippen molar-refractivity contribution < 1.29 is 0 Å². The third-order valence-electron chi connectivity index (χ3n) is 3.39. The Balaban J connectivity index is 2.60. The highest BCUT2D eigenvalue weighted by Gasteiger charge is 2.10. The molecule has 2 nitrogen and oxygen atoms in total. The van der Waals surface area contributed by atoms with E-state index >= 15 is 0 Å². The van der Waals surface area contributed by atoms with Gasteiger partial charge in [-0.2, -0.15) is 5.10 Å². The fraction of sp³-hybridized carbons (Fsp3) is 0.357. The fourth-order valence-electron chi connectivity index (χ4n) is 2.10. The van der Waals surface area contributed by atoms with E-state index in [2.05, 4.69) is 60.5 Å². The third-order valence-corrected chi connectivity index (χ3v) is 3.65. The lowest BCUT2D eigenvalue weighted by Gasteiger charge is -2.08. The minimum absolute atomic E-state index is 1.01. The SMILES string of the molecule is CCc1cn(P)nc1-c1cc(C)c(C)c(C)c1. The zero-order chi connectivity index (χ0) is 12.6. The van der Waals surface area contributed by atoms with Gasteiger partial charge in [0.15, 0.2) is 0 Å². The molecule has 1 aromatic carbocycles. The monoisotopic (exact) mass is 246 g/mol. The van der Waals surface area contributed by atoms with E-state index in [-0.39, 0.29) is 0 Å². The van der Waals surface area contributed by atoms with Crippen LogP contribution in [0.25, 0.3) is 11.3 Å². The molecule has 0 spiro atoms. The maximum atomic E-state index is 4.54. The molecule has 2 rings (SSSR count). The van der Waals surface area contributed by atoms with Crippen LogP contribution >= 0.6 is 9.39 Å². The van der Waals surface area contributed by atoms with E-state index in [4.69, 9.17) is 0 Å². The summed E-state index contributed by atoms with van der Waals surface area (Å²) in [5, 5.41) is 4.54. The van der Waals surface area contributed by atoms with Gasteiger partial charge in [-0.25, -0.2) is 0 Å². The molecule has 1 unspecified atom stereocenters. The Morgan fingerprint density at radius 2 is 1.76 bits per heavy atom. The predicted molar refractivity (Wildman–Crippen MR) is 76.4 cm³/mol. The Morgan fingerprint density at radius 1 is 1.18 bits per heavy atom. The summed E-state index contributed by atoms with van der Waals surface area (Å²) in [6.07, 6.45) is 3.08. The van der Waals surface area contributed by atoms with E-state index in [1.54, 1.807) is 0 Å². The van der Waals surface area contributed by atoms with E-state index in [1.807, 2.05) is 4.45 Å². The molecule has 90 valence electrons. The van der Waals surface area contributed by atoms with E-state index in [9.17, 15) is 0 Å². The van der Waals surface area contributed by atoms with Crippen LogP contribution in [-0.4, -0.2) is 9.55 Å². The Hall–Kier alpha value is -1.14. The number of hydrogen-bond donors (Lipinski definition) is 0. The van der Waals surface area contributed by atoms with E-state index in [0.29, 0.717) is 0 Å². The van der Waals surface area contributed by atoms with Crippen molar-refractivity contribution in [1.82, 2.24) is 9.55 Å². The largest absolute Gasteiger partial charge is 0.258 e. The number of aryl methyl sites for hydroxylation is 3. The van der Waals surface area contributed by atoms with Gasteiger partial charge in [0.1, 0.15) is 0 Å². The Labute approximate surface area is 105 Å². The molecule has 0 fully saturated rings. The van der Waals surface area contributed by atoms with E-state index in [1.165, 1.54) is 27.8 Å². The molecule has 3 heteroatoms. The number of benzene rings is 1. The molecule has 1 heterocycles. The van der Waals surface area contributed by atoms with Crippen LogP contribution in [0.1, 0.15) is 29.2 Å². The third kappa shape index (κ3) is 2.28. The standard InChI is InChI=1S/C14H19N2P/c1-5-12-8-16(17)15-14(12)13-6-9(2)11(4)10(3)7-13/h6-8H,5,17H2,1-4H3. The van der Waals surface area contributed by atoms with Gasteiger partial charge in [-0.05, 0) is 71.0 Å². The van der Waals surface area contributed by atoms with Crippen LogP contribution < -0.4 is 0 Å². The van der Waals surface area contributed by atoms with Crippen molar-refractivity contribution in [2.45, 2.75) is 34.1 Å². The first kappa shape index (κ1) is 12.3. The zero-order valence-electron chi connectivity index (χ0n) is 10.9. The summed E-state index contributed by atoms with van der Waals surface area (Å²) in [6.45, 7) is 8.66. The minimum atomic E-state index is 1.01. The lowest BCUT2D eigenvalue weighted by atomic mass is 9.97. The average molecular weight is 246 g/mol. The van der Waals surface area contributed by atoms with Crippen LogP contribution in [0, 0.1) is 20.8 Å². The van der Waals surface area contributed by atoms with Gasteiger partial charge in [-0.15, -0.1) is 0 Å². The molecule has 0 saturated heterocycles.